The molecule has 0 bridgehead atoms. The Bertz CT molecular complexity index is 163. The predicted molar refractivity (Wildman–Crippen MR) is 66.9 cm³/mol. The zero-order valence-electron chi connectivity index (χ0n) is 10.7. The Kier molecular flexibility index (Phi) is 8.74. The summed E-state index contributed by atoms with van der Waals surface area (Å²) in [6, 6.07) is 0. The summed E-state index contributed by atoms with van der Waals surface area (Å²) in [5, 5.41) is 0. The number of hydrogen-bond acceptors (Lipinski definition) is 0. The van der Waals surface area contributed by atoms with Gasteiger partial charge in [-0.25, -0.2) is 4.39 Å². The molecule has 0 aromatic carbocycles. The summed E-state index contributed by atoms with van der Waals surface area (Å²) in [5.74, 6) is 0. The maximum absolute atomic E-state index is 14.1. The smallest absolute Gasteiger partial charge is 0.128 e. The van der Waals surface area contributed by atoms with Gasteiger partial charge in [0, 0.05) is 0 Å². The first-order valence-electron chi connectivity index (χ1n) is 6.55. The molecule has 15 heavy (non-hydrogen) atoms. The van der Waals surface area contributed by atoms with E-state index in [0.29, 0.717) is 12.8 Å². The van der Waals surface area contributed by atoms with E-state index in [1.807, 2.05) is 13.0 Å². The van der Waals surface area contributed by atoms with Crippen LogP contribution in [0.3, 0.4) is 0 Å². The molecule has 0 saturated heterocycles. The molecule has 1 heteroatoms. The second-order valence-corrected chi connectivity index (χ2v) is 4.39. The monoisotopic (exact) mass is 214 g/mol. The van der Waals surface area contributed by atoms with Crippen LogP contribution in [0.25, 0.3) is 0 Å². The van der Waals surface area contributed by atoms with Crippen LogP contribution in [0.1, 0.15) is 72.1 Å². The van der Waals surface area contributed by atoms with Crippen molar-refractivity contribution in [2.45, 2.75) is 77.8 Å². The summed E-state index contributed by atoms with van der Waals surface area (Å²) in [5.41, 5.74) is -1.04. The van der Waals surface area contributed by atoms with E-state index in [4.69, 9.17) is 0 Å². The van der Waals surface area contributed by atoms with Crippen LogP contribution in [0.2, 0.25) is 0 Å². The fourth-order valence-corrected chi connectivity index (χ4v) is 1.66. The second-order valence-electron chi connectivity index (χ2n) is 4.39. The third kappa shape index (κ3) is 7.58. The number of unbranched alkanes of at least 4 members (excludes halogenated alkanes) is 4. The maximum atomic E-state index is 14.1. The van der Waals surface area contributed by atoms with Crippen LogP contribution in [-0.2, 0) is 0 Å². The average molecular weight is 214 g/mol. The molecule has 1 atom stereocenters. The normalized spacial score (nSPS) is 15.7. The van der Waals surface area contributed by atoms with Gasteiger partial charge in [-0.1, -0.05) is 58.6 Å². The fourth-order valence-electron chi connectivity index (χ4n) is 1.66. The fraction of sp³-hybridized carbons (Fsp3) is 0.857. The van der Waals surface area contributed by atoms with Gasteiger partial charge in [0.1, 0.15) is 5.67 Å². The third-order valence-electron chi connectivity index (χ3n) is 2.92. The molecule has 0 rings (SSSR count). The Balaban J connectivity index is 3.83. The van der Waals surface area contributed by atoms with E-state index < -0.39 is 5.67 Å². The molecule has 0 nitrogen and oxygen atoms in total. The molecule has 0 aromatic rings. The van der Waals surface area contributed by atoms with E-state index in [0.717, 1.165) is 19.3 Å². The zero-order valence-corrected chi connectivity index (χ0v) is 10.7. The van der Waals surface area contributed by atoms with E-state index in [9.17, 15) is 4.39 Å². The van der Waals surface area contributed by atoms with E-state index >= 15 is 0 Å². The minimum atomic E-state index is -1.04. The Morgan fingerprint density at radius 3 is 2.20 bits per heavy atom. The molecule has 90 valence electrons. The predicted octanol–water partition coefficient (Wildman–Crippen LogP) is 5.43. The number of hydrogen-bond donors (Lipinski definition) is 0. The van der Waals surface area contributed by atoms with Crippen LogP contribution in [0, 0.1) is 0 Å². The Labute approximate surface area is 95.0 Å². The molecule has 0 heterocycles. The van der Waals surface area contributed by atoms with Crippen LogP contribution < -0.4 is 0 Å². The lowest BCUT2D eigenvalue weighted by Crippen LogP contribution is -2.17. The van der Waals surface area contributed by atoms with Crippen molar-refractivity contribution < 1.29 is 4.39 Å². The van der Waals surface area contributed by atoms with Crippen molar-refractivity contribution in [1.82, 2.24) is 0 Å². The van der Waals surface area contributed by atoms with Gasteiger partial charge in [-0.15, -0.1) is 0 Å². The molecule has 0 spiro atoms. The van der Waals surface area contributed by atoms with Crippen molar-refractivity contribution >= 4 is 0 Å². The minimum Gasteiger partial charge on any atom is -0.239 e. The third-order valence-corrected chi connectivity index (χ3v) is 2.92. The lowest BCUT2D eigenvalue weighted by Gasteiger charge is -2.19. The van der Waals surface area contributed by atoms with E-state index in [1.54, 1.807) is 6.08 Å². The molecule has 0 aliphatic heterocycles. The number of rotatable bonds is 9. The number of alkyl halides is 1. The molecule has 0 unspecified atom stereocenters. The lowest BCUT2D eigenvalue weighted by atomic mass is 9.95. The molecule has 0 N–H and O–H groups in total. The van der Waals surface area contributed by atoms with Crippen molar-refractivity contribution in [3.8, 4) is 0 Å². The molecule has 0 saturated carbocycles. The molecular formula is C14H27F. The minimum absolute atomic E-state index is 0.608. The maximum Gasteiger partial charge on any atom is 0.128 e. The quantitative estimate of drug-likeness (QED) is 0.354. The van der Waals surface area contributed by atoms with Gasteiger partial charge in [0.05, 0.1) is 0 Å². The van der Waals surface area contributed by atoms with Crippen LogP contribution in [0.4, 0.5) is 4.39 Å². The first kappa shape index (κ1) is 14.7. The van der Waals surface area contributed by atoms with E-state index in [-0.39, 0.29) is 0 Å². The highest BCUT2D eigenvalue weighted by molar-refractivity contribution is 5.00. The standard InChI is InChI=1S/C14H27F/c1-4-7-9-10-11-13-14(15,6-3)12-8-5-2/h11,13H,4-10,12H2,1-3H3/b13-11-/t14-/m1/s1. The van der Waals surface area contributed by atoms with Gasteiger partial charge in [-0.2, -0.15) is 0 Å². The second kappa shape index (κ2) is 8.94. The Morgan fingerprint density at radius 2 is 1.67 bits per heavy atom. The summed E-state index contributed by atoms with van der Waals surface area (Å²) in [6.07, 6.45) is 11.9. The van der Waals surface area contributed by atoms with Crippen LogP contribution >= 0.6 is 0 Å². The molecule has 0 aromatic heterocycles. The average Bonchev–Trinajstić information content (AvgIpc) is 2.26. The molecule has 0 aliphatic carbocycles. The zero-order chi connectivity index (χ0) is 11.6. The first-order valence-corrected chi connectivity index (χ1v) is 6.55. The Morgan fingerprint density at radius 1 is 1.00 bits per heavy atom. The summed E-state index contributed by atoms with van der Waals surface area (Å²) < 4.78 is 14.1. The molecule has 0 aliphatic rings. The summed E-state index contributed by atoms with van der Waals surface area (Å²) >= 11 is 0. The van der Waals surface area contributed by atoms with Crippen LogP contribution in [-0.4, -0.2) is 5.67 Å². The summed E-state index contributed by atoms with van der Waals surface area (Å²) in [6.45, 7) is 6.24. The van der Waals surface area contributed by atoms with Gasteiger partial charge >= 0.3 is 0 Å². The number of halogens is 1. The van der Waals surface area contributed by atoms with Gasteiger partial charge in [-0.3, -0.25) is 0 Å². The largest absolute Gasteiger partial charge is 0.239 e. The molecule has 0 radical (unpaired) electrons. The molecule has 0 amide bonds. The highest BCUT2D eigenvalue weighted by Gasteiger charge is 2.22. The van der Waals surface area contributed by atoms with Crippen molar-refractivity contribution in [1.29, 1.82) is 0 Å². The van der Waals surface area contributed by atoms with Gasteiger partial charge < -0.3 is 0 Å². The van der Waals surface area contributed by atoms with Gasteiger partial charge in [0.2, 0.25) is 0 Å². The van der Waals surface area contributed by atoms with E-state index in [2.05, 4.69) is 13.8 Å². The van der Waals surface area contributed by atoms with E-state index in [1.165, 1.54) is 19.3 Å². The first-order chi connectivity index (χ1) is 7.18. The van der Waals surface area contributed by atoms with Crippen molar-refractivity contribution in [3.05, 3.63) is 12.2 Å². The van der Waals surface area contributed by atoms with Gasteiger partial charge in [0.25, 0.3) is 0 Å². The van der Waals surface area contributed by atoms with Gasteiger partial charge in [-0.05, 0) is 25.7 Å². The topological polar surface area (TPSA) is 0 Å². The van der Waals surface area contributed by atoms with Crippen molar-refractivity contribution in [2.24, 2.45) is 0 Å². The molecule has 0 fully saturated rings. The van der Waals surface area contributed by atoms with Gasteiger partial charge in [0.15, 0.2) is 0 Å². The number of allylic oxidation sites excluding steroid dienone is 2. The van der Waals surface area contributed by atoms with Crippen molar-refractivity contribution in [2.75, 3.05) is 0 Å². The highest BCUT2D eigenvalue weighted by atomic mass is 19.1. The lowest BCUT2D eigenvalue weighted by molar-refractivity contribution is 0.201. The van der Waals surface area contributed by atoms with Crippen molar-refractivity contribution in [3.63, 3.8) is 0 Å². The van der Waals surface area contributed by atoms with Crippen LogP contribution in [0.5, 0.6) is 0 Å². The molecular weight excluding hydrogens is 187 g/mol. The Hall–Kier alpha value is -0.330. The SMILES string of the molecule is CCCCC/C=C\[C@@](F)(CC)CCCC. The van der Waals surface area contributed by atoms with Crippen LogP contribution in [0.15, 0.2) is 12.2 Å². The summed E-state index contributed by atoms with van der Waals surface area (Å²) in [7, 11) is 0. The highest BCUT2D eigenvalue weighted by Crippen LogP contribution is 2.25. The summed E-state index contributed by atoms with van der Waals surface area (Å²) in [4.78, 5) is 0.